The summed E-state index contributed by atoms with van der Waals surface area (Å²) in [5, 5.41) is 12.6. The summed E-state index contributed by atoms with van der Waals surface area (Å²) in [7, 11) is 0. The predicted octanol–water partition coefficient (Wildman–Crippen LogP) is 1.70. The Labute approximate surface area is 73.3 Å². The lowest BCUT2D eigenvalue weighted by molar-refractivity contribution is 0.202. The van der Waals surface area contributed by atoms with Crippen molar-refractivity contribution in [3.05, 3.63) is 36.2 Å². The minimum atomic E-state index is -0.335. The first-order chi connectivity index (χ1) is 5.84. The van der Waals surface area contributed by atoms with Gasteiger partial charge in [0.15, 0.2) is 0 Å². The number of rotatable bonds is 3. The van der Waals surface area contributed by atoms with Crippen LogP contribution >= 0.6 is 0 Å². The average molecular weight is 165 g/mol. The van der Waals surface area contributed by atoms with Crippen molar-refractivity contribution in [2.75, 3.05) is 0 Å². The molecular weight excluding hydrogens is 150 g/mol. The summed E-state index contributed by atoms with van der Waals surface area (Å²) in [4.78, 5) is 0. The van der Waals surface area contributed by atoms with Gasteiger partial charge in [-0.25, -0.2) is 0 Å². The molecule has 1 aliphatic heterocycles. The van der Waals surface area contributed by atoms with Crippen molar-refractivity contribution < 1.29 is 5.11 Å². The Morgan fingerprint density at radius 1 is 1.50 bits per heavy atom. The molecule has 0 radical (unpaired) electrons. The summed E-state index contributed by atoms with van der Waals surface area (Å²) >= 11 is 0. The molecular formula is C10H15NO. The number of allylic oxidation sites excluding steroid dienone is 2. The molecule has 1 atom stereocenters. The number of aliphatic hydroxyl groups excluding tert-OH is 1. The minimum Gasteiger partial charge on any atom is -0.388 e. The van der Waals surface area contributed by atoms with Gasteiger partial charge in [0.05, 0.1) is 6.10 Å². The third kappa shape index (κ3) is 2.55. The molecule has 0 amide bonds. The lowest BCUT2D eigenvalue weighted by atomic mass is 10.1. The maximum Gasteiger partial charge on any atom is 0.0804 e. The van der Waals surface area contributed by atoms with Crippen molar-refractivity contribution in [2.45, 2.75) is 25.9 Å². The van der Waals surface area contributed by atoms with E-state index in [4.69, 9.17) is 0 Å². The van der Waals surface area contributed by atoms with Crippen LogP contribution in [0.4, 0.5) is 0 Å². The minimum absolute atomic E-state index is 0.335. The van der Waals surface area contributed by atoms with E-state index in [0.717, 1.165) is 18.4 Å². The highest BCUT2D eigenvalue weighted by Crippen LogP contribution is 2.10. The Balaban J connectivity index is 2.55. The monoisotopic (exact) mass is 165 g/mol. The number of aliphatic hydroxyl groups is 1. The lowest BCUT2D eigenvalue weighted by Crippen LogP contribution is -2.10. The molecule has 12 heavy (non-hydrogen) atoms. The highest BCUT2D eigenvalue weighted by Gasteiger charge is 2.06. The van der Waals surface area contributed by atoms with Gasteiger partial charge in [-0.15, -0.1) is 0 Å². The second-order valence-electron chi connectivity index (χ2n) is 2.83. The van der Waals surface area contributed by atoms with E-state index in [1.54, 1.807) is 0 Å². The van der Waals surface area contributed by atoms with Gasteiger partial charge in [0, 0.05) is 12.4 Å². The van der Waals surface area contributed by atoms with E-state index in [0.29, 0.717) is 0 Å². The van der Waals surface area contributed by atoms with Gasteiger partial charge < -0.3 is 10.4 Å². The van der Waals surface area contributed by atoms with Crippen molar-refractivity contribution in [3.63, 3.8) is 0 Å². The van der Waals surface area contributed by atoms with Crippen LogP contribution in [0.5, 0.6) is 0 Å². The highest BCUT2D eigenvalue weighted by atomic mass is 16.3. The standard InChI is InChI=1S/C10H15NO/c1-2-5-10(12)9-6-3-4-7-11-8-9/h3-4,6-8,10-12H,2,5H2,1H3. The quantitative estimate of drug-likeness (QED) is 0.667. The molecule has 1 unspecified atom stereocenters. The molecule has 0 fully saturated rings. The molecule has 2 N–H and O–H groups in total. The lowest BCUT2D eigenvalue weighted by Gasteiger charge is -2.09. The van der Waals surface area contributed by atoms with Crippen LogP contribution in [0, 0.1) is 0 Å². The van der Waals surface area contributed by atoms with Gasteiger partial charge in [0.1, 0.15) is 0 Å². The van der Waals surface area contributed by atoms with Gasteiger partial charge in [-0.1, -0.05) is 25.5 Å². The third-order valence-electron chi connectivity index (χ3n) is 1.79. The van der Waals surface area contributed by atoms with Crippen molar-refractivity contribution in [2.24, 2.45) is 0 Å². The number of hydrogen-bond acceptors (Lipinski definition) is 2. The summed E-state index contributed by atoms with van der Waals surface area (Å²) in [5.41, 5.74) is 0.946. The molecule has 0 bridgehead atoms. The van der Waals surface area contributed by atoms with E-state index < -0.39 is 0 Å². The van der Waals surface area contributed by atoms with Crippen LogP contribution in [0.15, 0.2) is 36.2 Å². The summed E-state index contributed by atoms with van der Waals surface area (Å²) in [6, 6.07) is 0. The topological polar surface area (TPSA) is 32.3 Å². The van der Waals surface area contributed by atoms with Crippen LogP contribution in [0.1, 0.15) is 19.8 Å². The summed E-state index contributed by atoms with van der Waals surface area (Å²) < 4.78 is 0. The zero-order valence-electron chi connectivity index (χ0n) is 7.33. The van der Waals surface area contributed by atoms with Crippen LogP contribution in [0.3, 0.4) is 0 Å². The second-order valence-corrected chi connectivity index (χ2v) is 2.83. The summed E-state index contributed by atoms with van der Waals surface area (Å²) in [6.07, 6.45) is 10.9. The molecule has 1 heterocycles. The molecule has 0 aromatic carbocycles. The highest BCUT2D eigenvalue weighted by molar-refractivity contribution is 5.27. The first-order valence-electron chi connectivity index (χ1n) is 4.32. The van der Waals surface area contributed by atoms with Crippen molar-refractivity contribution in [1.82, 2.24) is 5.32 Å². The Morgan fingerprint density at radius 3 is 3.08 bits per heavy atom. The molecule has 0 saturated heterocycles. The van der Waals surface area contributed by atoms with Crippen LogP contribution in [-0.2, 0) is 0 Å². The van der Waals surface area contributed by atoms with Crippen LogP contribution in [0.2, 0.25) is 0 Å². The van der Waals surface area contributed by atoms with E-state index in [1.807, 2.05) is 30.6 Å². The van der Waals surface area contributed by atoms with Crippen LogP contribution in [0.25, 0.3) is 0 Å². The van der Waals surface area contributed by atoms with E-state index >= 15 is 0 Å². The van der Waals surface area contributed by atoms with Crippen LogP contribution in [-0.4, -0.2) is 11.2 Å². The van der Waals surface area contributed by atoms with Gasteiger partial charge in [-0.3, -0.25) is 0 Å². The fourth-order valence-corrected chi connectivity index (χ4v) is 1.12. The van der Waals surface area contributed by atoms with Gasteiger partial charge in [-0.2, -0.15) is 0 Å². The zero-order chi connectivity index (χ0) is 8.81. The van der Waals surface area contributed by atoms with Crippen molar-refractivity contribution >= 4 is 0 Å². The molecule has 2 heteroatoms. The molecule has 66 valence electrons. The van der Waals surface area contributed by atoms with Crippen molar-refractivity contribution in [1.29, 1.82) is 0 Å². The third-order valence-corrected chi connectivity index (χ3v) is 1.79. The maximum absolute atomic E-state index is 9.61. The Hall–Kier alpha value is -1.02. The average Bonchev–Trinajstić information content (AvgIpc) is 2.32. The fourth-order valence-electron chi connectivity index (χ4n) is 1.12. The first-order valence-corrected chi connectivity index (χ1v) is 4.32. The number of nitrogens with one attached hydrogen (secondary N) is 1. The van der Waals surface area contributed by atoms with Gasteiger partial charge in [0.25, 0.3) is 0 Å². The Bertz CT molecular complexity index is 216. The molecule has 0 spiro atoms. The maximum atomic E-state index is 9.61. The van der Waals surface area contributed by atoms with E-state index in [1.165, 1.54) is 0 Å². The largest absolute Gasteiger partial charge is 0.388 e. The zero-order valence-corrected chi connectivity index (χ0v) is 7.33. The normalized spacial score (nSPS) is 18.0. The predicted molar refractivity (Wildman–Crippen MR) is 50.4 cm³/mol. The summed E-state index contributed by atoms with van der Waals surface area (Å²) in [6.45, 7) is 2.07. The second kappa shape index (κ2) is 4.78. The van der Waals surface area contributed by atoms with E-state index in [-0.39, 0.29) is 6.10 Å². The first kappa shape index (κ1) is 9.07. The van der Waals surface area contributed by atoms with Gasteiger partial charge in [-0.05, 0) is 18.1 Å². The molecule has 0 aromatic rings. The molecule has 1 rings (SSSR count). The van der Waals surface area contributed by atoms with E-state index in [2.05, 4.69) is 12.2 Å². The molecule has 0 aliphatic carbocycles. The summed E-state index contributed by atoms with van der Waals surface area (Å²) in [5.74, 6) is 0. The van der Waals surface area contributed by atoms with Gasteiger partial charge in [0.2, 0.25) is 0 Å². The molecule has 0 saturated carbocycles. The van der Waals surface area contributed by atoms with E-state index in [9.17, 15) is 5.11 Å². The molecule has 2 nitrogen and oxygen atoms in total. The molecule has 1 aliphatic rings. The Kier molecular flexibility index (Phi) is 3.61. The smallest absolute Gasteiger partial charge is 0.0804 e. The number of hydrogen-bond donors (Lipinski definition) is 2. The van der Waals surface area contributed by atoms with Crippen molar-refractivity contribution in [3.8, 4) is 0 Å². The fraction of sp³-hybridized carbons (Fsp3) is 0.400. The molecule has 0 aromatic heterocycles. The van der Waals surface area contributed by atoms with Gasteiger partial charge >= 0.3 is 0 Å². The SMILES string of the molecule is CCCC(O)C1=CNC=CC=C1. The van der Waals surface area contributed by atoms with Crippen LogP contribution < -0.4 is 5.32 Å². The Morgan fingerprint density at radius 2 is 2.33 bits per heavy atom.